The van der Waals surface area contributed by atoms with E-state index in [1.165, 1.54) is 89.9 Å². The highest BCUT2D eigenvalue weighted by atomic mass is 14.2. The van der Waals surface area contributed by atoms with Crippen molar-refractivity contribution in [3.63, 3.8) is 0 Å². The SMILES string of the molecule is c1cc2c(c3c1CCCC3)CCC2.c1cc2c(c3c1CCCC3)CCC2. The first-order valence-electron chi connectivity index (χ1n) is 11.1. The van der Waals surface area contributed by atoms with Crippen LogP contribution in [0.25, 0.3) is 0 Å². The number of benzene rings is 2. The van der Waals surface area contributed by atoms with Crippen LogP contribution in [-0.2, 0) is 51.4 Å². The normalized spacial score (nSPS) is 19.7. The number of hydrogen-bond acceptors (Lipinski definition) is 0. The molecule has 6 rings (SSSR count). The van der Waals surface area contributed by atoms with E-state index in [0.29, 0.717) is 0 Å². The fraction of sp³-hybridized carbons (Fsp3) is 0.538. The lowest BCUT2D eigenvalue weighted by atomic mass is 9.87. The largest absolute Gasteiger partial charge is 0.0585 e. The van der Waals surface area contributed by atoms with Gasteiger partial charge in [-0.25, -0.2) is 0 Å². The van der Waals surface area contributed by atoms with Crippen LogP contribution in [0.2, 0.25) is 0 Å². The van der Waals surface area contributed by atoms with E-state index in [2.05, 4.69) is 24.3 Å². The average molecular weight is 345 g/mol. The van der Waals surface area contributed by atoms with E-state index >= 15 is 0 Å². The van der Waals surface area contributed by atoms with Crippen molar-refractivity contribution in [1.82, 2.24) is 0 Å². The third-order valence-electron chi connectivity index (χ3n) is 7.24. The minimum Gasteiger partial charge on any atom is -0.0585 e. The van der Waals surface area contributed by atoms with E-state index in [4.69, 9.17) is 0 Å². The van der Waals surface area contributed by atoms with Gasteiger partial charge in [-0.3, -0.25) is 0 Å². The molecule has 0 unspecified atom stereocenters. The highest BCUT2D eigenvalue weighted by Crippen LogP contribution is 2.33. The summed E-state index contributed by atoms with van der Waals surface area (Å²) < 4.78 is 0. The Morgan fingerprint density at radius 3 is 0.962 bits per heavy atom. The number of fused-ring (bicyclic) bond motifs is 6. The lowest BCUT2D eigenvalue weighted by Crippen LogP contribution is -2.06. The summed E-state index contributed by atoms with van der Waals surface area (Å²) in [6.07, 6.45) is 19.2. The van der Waals surface area contributed by atoms with Gasteiger partial charge in [0.1, 0.15) is 0 Å². The molecule has 0 saturated carbocycles. The van der Waals surface area contributed by atoms with Crippen LogP contribution < -0.4 is 0 Å². The molecule has 2 aromatic carbocycles. The molecule has 0 aliphatic heterocycles. The predicted octanol–water partition coefficient (Wildman–Crippen LogP) is 6.11. The Kier molecular flexibility index (Phi) is 4.61. The Hall–Kier alpha value is -1.56. The van der Waals surface area contributed by atoms with Gasteiger partial charge in [-0.05, 0) is 134 Å². The Morgan fingerprint density at radius 2 is 0.577 bits per heavy atom. The molecular formula is C26H32. The van der Waals surface area contributed by atoms with Crippen LogP contribution in [0.15, 0.2) is 24.3 Å². The summed E-state index contributed by atoms with van der Waals surface area (Å²) in [7, 11) is 0. The van der Waals surface area contributed by atoms with Crippen molar-refractivity contribution in [3.8, 4) is 0 Å². The highest BCUT2D eigenvalue weighted by Gasteiger charge is 2.20. The third-order valence-corrected chi connectivity index (χ3v) is 7.24. The van der Waals surface area contributed by atoms with Crippen LogP contribution in [0.4, 0.5) is 0 Å². The molecule has 4 aliphatic rings. The van der Waals surface area contributed by atoms with Crippen molar-refractivity contribution in [3.05, 3.63) is 68.8 Å². The number of rotatable bonds is 0. The zero-order valence-corrected chi connectivity index (χ0v) is 16.2. The Balaban J connectivity index is 0.000000115. The van der Waals surface area contributed by atoms with Gasteiger partial charge in [0.2, 0.25) is 0 Å². The fourth-order valence-electron chi connectivity index (χ4n) is 5.91. The molecule has 4 aliphatic carbocycles. The smallest absolute Gasteiger partial charge is 0.0270 e. The molecule has 0 aromatic heterocycles. The molecule has 2 aromatic rings. The second-order valence-corrected chi connectivity index (χ2v) is 8.80. The summed E-state index contributed by atoms with van der Waals surface area (Å²) in [4.78, 5) is 0. The molecule has 0 heteroatoms. The van der Waals surface area contributed by atoms with Crippen LogP contribution in [-0.4, -0.2) is 0 Å². The monoisotopic (exact) mass is 344 g/mol. The van der Waals surface area contributed by atoms with Crippen molar-refractivity contribution < 1.29 is 0 Å². The maximum Gasteiger partial charge on any atom is -0.0270 e. The summed E-state index contributed by atoms with van der Waals surface area (Å²) in [5.41, 5.74) is 13.6. The highest BCUT2D eigenvalue weighted by molar-refractivity contribution is 5.45. The van der Waals surface area contributed by atoms with Crippen LogP contribution in [0.1, 0.15) is 83.0 Å². The number of aryl methyl sites for hydroxylation is 4. The van der Waals surface area contributed by atoms with Gasteiger partial charge in [-0.1, -0.05) is 24.3 Å². The molecule has 0 spiro atoms. The second kappa shape index (κ2) is 7.22. The van der Waals surface area contributed by atoms with Crippen molar-refractivity contribution in [2.75, 3.05) is 0 Å². The topological polar surface area (TPSA) is 0 Å². The summed E-state index contributed by atoms with van der Waals surface area (Å²) in [5, 5.41) is 0. The van der Waals surface area contributed by atoms with Gasteiger partial charge in [-0.15, -0.1) is 0 Å². The van der Waals surface area contributed by atoms with E-state index in [1.54, 1.807) is 44.5 Å². The molecule has 136 valence electrons. The molecule has 0 N–H and O–H groups in total. The number of hydrogen-bond donors (Lipinski definition) is 0. The average Bonchev–Trinajstić information content (AvgIpc) is 3.38. The lowest BCUT2D eigenvalue weighted by molar-refractivity contribution is 0.679. The standard InChI is InChI=1S/2C13H16/c2*1-2-6-12-10(4-1)8-9-11-5-3-7-13(11)12/h2*8-9H,1-7H2. The second-order valence-electron chi connectivity index (χ2n) is 8.80. The van der Waals surface area contributed by atoms with Crippen molar-refractivity contribution in [2.45, 2.75) is 89.9 Å². The van der Waals surface area contributed by atoms with Gasteiger partial charge >= 0.3 is 0 Å². The van der Waals surface area contributed by atoms with Gasteiger partial charge in [0.25, 0.3) is 0 Å². The summed E-state index contributed by atoms with van der Waals surface area (Å²) >= 11 is 0. The molecule has 0 heterocycles. The summed E-state index contributed by atoms with van der Waals surface area (Å²) in [6.45, 7) is 0. The molecule has 0 amide bonds. The molecule has 0 bridgehead atoms. The molecule has 0 fully saturated rings. The lowest BCUT2D eigenvalue weighted by Gasteiger charge is -2.19. The van der Waals surface area contributed by atoms with E-state index < -0.39 is 0 Å². The summed E-state index contributed by atoms with van der Waals surface area (Å²) in [6, 6.07) is 9.54. The molecule has 0 atom stereocenters. The van der Waals surface area contributed by atoms with Crippen molar-refractivity contribution in [2.24, 2.45) is 0 Å². The molecule has 0 nitrogen and oxygen atoms in total. The van der Waals surface area contributed by atoms with E-state index in [-0.39, 0.29) is 0 Å². The quantitative estimate of drug-likeness (QED) is 0.541. The van der Waals surface area contributed by atoms with Gasteiger partial charge < -0.3 is 0 Å². The van der Waals surface area contributed by atoms with E-state index in [0.717, 1.165) is 0 Å². The molecule has 0 radical (unpaired) electrons. The Labute approximate surface area is 159 Å². The van der Waals surface area contributed by atoms with Gasteiger partial charge in [0, 0.05) is 0 Å². The maximum atomic E-state index is 2.39. The zero-order valence-electron chi connectivity index (χ0n) is 16.2. The van der Waals surface area contributed by atoms with Crippen LogP contribution in [0, 0.1) is 0 Å². The Bertz CT molecular complexity index is 742. The predicted molar refractivity (Wildman–Crippen MR) is 110 cm³/mol. The fourth-order valence-corrected chi connectivity index (χ4v) is 5.91. The van der Waals surface area contributed by atoms with Crippen molar-refractivity contribution in [1.29, 1.82) is 0 Å². The third kappa shape index (κ3) is 3.02. The Morgan fingerprint density at radius 1 is 0.308 bits per heavy atom. The molecule has 26 heavy (non-hydrogen) atoms. The minimum atomic E-state index is 1.34. The molecule has 0 saturated heterocycles. The minimum absolute atomic E-state index is 1.34. The van der Waals surface area contributed by atoms with Crippen LogP contribution in [0.5, 0.6) is 0 Å². The van der Waals surface area contributed by atoms with Crippen LogP contribution in [0.3, 0.4) is 0 Å². The summed E-state index contributed by atoms with van der Waals surface area (Å²) in [5.74, 6) is 0. The maximum absolute atomic E-state index is 2.39. The van der Waals surface area contributed by atoms with E-state index in [1.807, 2.05) is 0 Å². The van der Waals surface area contributed by atoms with Gasteiger partial charge in [0.05, 0.1) is 0 Å². The first-order chi connectivity index (χ1) is 12.9. The van der Waals surface area contributed by atoms with Gasteiger partial charge in [-0.2, -0.15) is 0 Å². The van der Waals surface area contributed by atoms with Crippen LogP contribution >= 0.6 is 0 Å². The zero-order chi connectivity index (χ0) is 17.3. The first-order valence-corrected chi connectivity index (χ1v) is 11.1. The first kappa shape index (κ1) is 16.6. The van der Waals surface area contributed by atoms with Crippen molar-refractivity contribution >= 4 is 0 Å². The van der Waals surface area contributed by atoms with E-state index in [9.17, 15) is 0 Å². The molecular weight excluding hydrogens is 312 g/mol. The van der Waals surface area contributed by atoms with Gasteiger partial charge in [0.15, 0.2) is 0 Å².